The van der Waals surface area contributed by atoms with Crippen molar-refractivity contribution in [2.75, 3.05) is 38.7 Å². The number of aromatic amines is 1. The Hall–Kier alpha value is -3.07. The summed E-state index contributed by atoms with van der Waals surface area (Å²) in [7, 11) is 3.47. The molecule has 0 unspecified atom stereocenters. The number of H-pyrrole nitrogens is 1. The molecule has 0 saturated carbocycles. The minimum absolute atomic E-state index is 0.200. The fourth-order valence-corrected chi connectivity index (χ4v) is 3.04. The standard InChI is InChI=1S/C17H20N6O3/c1-22-10-11(9-18-22)12-3-4-13(25-2)15-14(12)19-16(20-15)21-17(24)23-5-7-26-8-6-23/h3-4,9-10H,5-8H2,1-2H3,(H2,19,20,21,24). The Morgan fingerprint density at radius 1 is 1.35 bits per heavy atom. The third-order valence-corrected chi connectivity index (χ3v) is 4.37. The lowest BCUT2D eigenvalue weighted by atomic mass is 10.1. The van der Waals surface area contributed by atoms with Gasteiger partial charge in [0.25, 0.3) is 0 Å². The Morgan fingerprint density at radius 3 is 2.85 bits per heavy atom. The summed E-state index contributed by atoms with van der Waals surface area (Å²) in [6, 6.07) is 3.61. The van der Waals surface area contributed by atoms with Gasteiger partial charge in [0.15, 0.2) is 0 Å². The lowest BCUT2D eigenvalue weighted by Gasteiger charge is -2.26. The molecule has 9 heteroatoms. The molecule has 0 radical (unpaired) electrons. The molecule has 2 N–H and O–H groups in total. The van der Waals surface area contributed by atoms with E-state index in [-0.39, 0.29) is 6.03 Å². The Balaban J connectivity index is 1.69. The van der Waals surface area contributed by atoms with E-state index in [1.807, 2.05) is 25.4 Å². The zero-order chi connectivity index (χ0) is 18.1. The van der Waals surface area contributed by atoms with Crippen molar-refractivity contribution >= 4 is 23.0 Å². The summed E-state index contributed by atoms with van der Waals surface area (Å²) in [5, 5.41) is 7.04. The Kier molecular flexibility index (Phi) is 4.21. The zero-order valence-electron chi connectivity index (χ0n) is 14.7. The van der Waals surface area contributed by atoms with Gasteiger partial charge in [-0.2, -0.15) is 5.10 Å². The highest BCUT2D eigenvalue weighted by Gasteiger charge is 2.20. The molecular formula is C17H20N6O3. The van der Waals surface area contributed by atoms with Gasteiger partial charge in [0.05, 0.1) is 26.5 Å². The minimum Gasteiger partial charge on any atom is -0.494 e. The number of methoxy groups -OCH3 is 1. The second-order valence-electron chi connectivity index (χ2n) is 6.06. The maximum atomic E-state index is 12.4. The average molecular weight is 356 g/mol. The van der Waals surface area contributed by atoms with E-state index in [0.717, 1.165) is 22.2 Å². The normalized spacial score (nSPS) is 14.6. The van der Waals surface area contributed by atoms with Gasteiger partial charge in [0, 0.05) is 37.5 Å². The van der Waals surface area contributed by atoms with Gasteiger partial charge in [0.2, 0.25) is 5.95 Å². The number of hydrogen-bond donors (Lipinski definition) is 2. The van der Waals surface area contributed by atoms with Crippen LogP contribution < -0.4 is 10.1 Å². The lowest BCUT2D eigenvalue weighted by Crippen LogP contribution is -2.43. The molecule has 26 heavy (non-hydrogen) atoms. The highest BCUT2D eigenvalue weighted by molar-refractivity contribution is 5.98. The number of nitrogens with one attached hydrogen (secondary N) is 2. The Morgan fingerprint density at radius 2 is 2.15 bits per heavy atom. The second-order valence-corrected chi connectivity index (χ2v) is 6.06. The van der Waals surface area contributed by atoms with Crippen LogP contribution >= 0.6 is 0 Å². The molecule has 1 aliphatic heterocycles. The smallest absolute Gasteiger partial charge is 0.324 e. The maximum absolute atomic E-state index is 12.4. The number of amides is 2. The predicted molar refractivity (Wildman–Crippen MR) is 96.3 cm³/mol. The van der Waals surface area contributed by atoms with Crippen LogP contribution in [0.3, 0.4) is 0 Å². The van der Waals surface area contributed by atoms with Gasteiger partial charge in [-0.1, -0.05) is 0 Å². The molecule has 1 saturated heterocycles. The maximum Gasteiger partial charge on any atom is 0.324 e. The lowest BCUT2D eigenvalue weighted by molar-refractivity contribution is 0.0564. The van der Waals surface area contributed by atoms with Crippen LogP contribution in [-0.4, -0.2) is 64.1 Å². The molecule has 0 aliphatic carbocycles. The van der Waals surface area contributed by atoms with E-state index in [0.29, 0.717) is 38.0 Å². The van der Waals surface area contributed by atoms with Crippen molar-refractivity contribution in [3.8, 4) is 16.9 Å². The molecular weight excluding hydrogens is 336 g/mol. The number of nitrogens with zero attached hydrogens (tertiary/aromatic N) is 4. The molecule has 1 aliphatic rings. The van der Waals surface area contributed by atoms with Crippen molar-refractivity contribution in [1.82, 2.24) is 24.6 Å². The Bertz CT molecular complexity index is 941. The van der Waals surface area contributed by atoms with Crippen molar-refractivity contribution in [1.29, 1.82) is 0 Å². The number of aromatic nitrogens is 4. The van der Waals surface area contributed by atoms with Crippen LogP contribution in [0.4, 0.5) is 10.7 Å². The highest BCUT2D eigenvalue weighted by Crippen LogP contribution is 2.33. The van der Waals surface area contributed by atoms with Gasteiger partial charge in [-0.25, -0.2) is 9.78 Å². The molecule has 0 atom stereocenters. The number of morpholine rings is 1. The van der Waals surface area contributed by atoms with Crippen LogP contribution in [0, 0.1) is 0 Å². The molecule has 1 fully saturated rings. The number of rotatable bonds is 3. The van der Waals surface area contributed by atoms with Gasteiger partial charge < -0.3 is 19.4 Å². The second kappa shape index (κ2) is 6.68. The summed E-state index contributed by atoms with van der Waals surface area (Å²) in [4.78, 5) is 21.8. The fraction of sp³-hybridized carbons (Fsp3) is 0.353. The Labute approximate surface area is 149 Å². The van der Waals surface area contributed by atoms with Crippen LogP contribution in [-0.2, 0) is 11.8 Å². The first-order chi connectivity index (χ1) is 12.7. The zero-order valence-corrected chi connectivity index (χ0v) is 14.7. The third-order valence-electron chi connectivity index (χ3n) is 4.37. The molecule has 2 amide bonds. The summed E-state index contributed by atoms with van der Waals surface area (Å²) in [6.45, 7) is 2.23. The van der Waals surface area contributed by atoms with Crippen LogP contribution in [0.2, 0.25) is 0 Å². The molecule has 2 aromatic heterocycles. The molecule has 4 rings (SSSR count). The summed E-state index contributed by atoms with van der Waals surface area (Å²) in [5.41, 5.74) is 3.30. The molecule has 0 bridgehead atoms. The fourth-order valence-electron chi connectivity index (χ4n) is 3.04. The molecule has 0 spiro atoms. The number of urea groups is 1. The SMILES string of the molecule is COc1ccc(-c2cnn(C)c2)c2nc(NC(=O)N3CCOCC3)[nH]c12. The van der Waals surface area contributed by atoms with E-state index in [1.165, 1.54) is 0 Å². The summed E-state index contributed by atoms with van der Waals surface area (Å²) in [5.74, 6) is 1.04. The number of imidazole rings is 1. The number of aryl methyl sites for hydroxylation is 1. The third kappa shape index (κ3) is 2.97. The summed E-state index contributed by atoms with van der Waals surface area (Å²) < 4.78 is 12.4. The van der Waals surface area contributed by atoms with E-state index in [4.69, 9.17) is 9.47 Å². The number of anilines is 1. The van der Waals surface area contributed by atoms with Crippen molar-refractivity contribution in [3.63, 3.8) is 0 Å². The van der Waals surface area contributed by atoms with Crippen LogP contribution in [0.5, 0.6) is 5.75 Å². The van der Waals surface area contributed by atoms with Gasteiger partial charge in [-0.15, -0.1) is 0 Å². The number of carbonyl (C=O) groups is 1. The monoisotopic (exact) mass is 356 g/mol. The topological polar surface area (TPSA) is 97.3 Å². The molecule has 1 aromatic carbocycles. The number of ether oxygens (including phenoxy) is 2. The summed E-state index contributed by atoms with van der Waals surface area (Å²) >= 11 is 0. The number of fused-ring (bicyclic) bond motifs is 1. The van der Waals surface area contributed by atoms with E-state index in [9.17, 15) is 4.79 Å². The predicted octanol–water partition coefficient (Wildman–Crippen LogP) is 1.84. The van der Waals surface area contributed by atoms with Gasteiger partial charge in [-0.05, 0) is 12.1 Å². The van der Waals surface area contributed by atoms with E-state index in [1.54, 1.807) is 22.9 Å². The number of carbonyl (C=O) groups excluding carboxylic acids is 1. The molecule has 3 aromatic rings. The minimum atomic E-state index is -0.200. The van der Waals surface area contributed by atoms with Gasteiger partial charge >= 0.3 is 6.03 Å². The largest absolute Gasteiger partial charge is 0.494 e. The first-order valence-corrected chi connectivity index (χ1v) is 8.35. The van der Waals surface area contributed by atoms with E-state index >= 15 is 0 Å². The van der Waals surface area contributed by atoms with Crippen LogP contribution in [0.15, 0.2) is 24.5 Å². The first-order valence-electron chi connectivity index (χ1n) is 8.35. The van der Waals surface area contributed by atoms with Crippen molar-refractivity contribution in [3.05, 3.63) is 24.5 Å². The molecule has 3 heterocycles. The van der Waals surface area contributed by atoms with Gasteiger partial charge in [-0.3, -0.25) is 10.00 Å². The molecule has 9 nitrogen and oxygen atoms in total. The van der Waals surface area contributed by atoms with Gasteiger partial charge in [0.1, 0.15) is 16.8 Å². The number of hydrogen-bond acceptors (Lipinski definition) is 5. The van der Waals surface area contributed by atoms with Crippen LogP contribution in [0.1, 0.15) is 0 Å². The van der Waals surface area contributed by atoms with E-state index in [2.05, 4.69) is 20.4 Å². The average Bonchev–Trinajstić information content (AvgIpc) is 3.27. The van der Waals surface area contributed by atoms with Crippen molar-refractivity contribution in [2.45, 2.75) is 0 Å². The van der Waals surface area contributed by atoms with Crippen LogP contribution in [0.25, 0.3) is 22.2 Å². The van der Waals surface area contributed by atoms with E-state index < -0.39 is 0 Å². The summed E-state index contributed by atoms with van der Waals surface area (Å²) in [6.07, 6.45) is 3.70. The quantitative estimate of drug-likeness (QED) is 0.746. The van der Waals surface area contributed by atoms with Crippen molar-refractivity contribution in [2.24, 2.45) is 7.05 Å². The highest BCUT2D eigenvalue weighted by atomic mass is 16.5. The first kappa shape index (κ1) is 16.4. The molecule has 136 valence electrons. The number of benzene rings is 1. The van der Waals surface area contributed by atoms with Crippen molar-refractivity contribution < 1.29 is 14.3 Å².